The first kappa shape index (κ1) is 12.9. The summed E-state index contributed by atoms with van der Waals surface area (Å²) in [6.45, 7) is 0. The van der Waals surface area contributed by atoms with E-state index in [2.05, 4.69) is 0 Å². The maximum absolute atomic E-state index is 10.4. The zero-order valence-electron chi connectivity index (χ0n) is 7.29. The monoisotopic (exact) mass is 239 g/mol. The minimum absolute atomic E-state index is 0. The summed E-state index contributed by atoms with van der Waals surface area (Å²) in [7, 11) is 0. The van der Waals surface area contributed by atoms with Crippen molar-refractivity contribution in [3.8, 4) is 5.75 Å². The molecule has 0 aliphatic rings. The second-order valence-electron chi connectivity index (χ2n) is 2.82. The molecule has 80 valence electrons. The number of carboxylic acid groups (broad SMARTS) is 1. The Kier molecular flexibility index (Phi) is 5.20. The van der Waals surface area contributed by atoms with E-state index in [0.29, 0.717) is 0 Å². The van der Waals surface area contributed by atoms with E-state index in [1.807, 2.05) is 0 Å². The van der Waals surface area contributed by atoms with Gasteiger partial charge in [0.1, 0.15) is 11.8 Å². The standard InChI is InChI=1S/C9H11NO3.Ni/c10-8(9(12)13)5-6-1-3-7(11)4-2-6;/h1-4,8,11H,5,10H2,(H,12,13);/t8-;/m0./s1. The third kappa shape index (κ3) is 3.77. The maximum Gasteiger partial charge on any atom is 0.320 e. The van der Waals surface area contributed by atoms with Crippen LogP contribution in [0, 0.1) is 0 Å². The van der Waals surface area contributed by atoms with E-state index < -0.39 is 12.0 Å². The largest absolute Gasteiger partial charge is 0.508 e. The van der Waals surface area contributed by atoms with E-state index in [0.717, 1.165) is 5.56 Å². The first-order valence-corrected chi connectivity index (χ1v) is 3.86. The van der Waals surface area contributed by atoms with Gasteiger partial charge in [-0.15, -0.1) is 0 Å². The molecule has 1 aromatic rings. The maximum atomic E-state index is 10.4. The average molecular weight is 240 g/mol. The van der Waals surface area contributed by atoms with Crippen LogP contribution in [0.4, 0.5) is 0 Å². The van der Waals surface area contributed by atoms with Gasteiger partial charge < -0.3 is 15.9 Å². The van der Waals surface area contributed by atoms with Crippen LogP contribution in [0.3, 0.4) is 0 Å². The molecular weight excluding hydrogens is 229 g/mol. The van der Waals surface area contributed by atoms with Crippen molar-refractivity contribution in [1.82, 2.24) is 0 Å². The molecule has 0 aliphatic heterocycles. The van der Waals surface area contributed by atoms with Gasteiger partial charge in [0.25, 0.3) is 0 Å². The van der Waals surface area contributed by atoms with Crippen molar-refractivity contribution in [3.63, 3.8) is 0 Å². The van der Waals surface area contributed by atoms with Crippen molar-refractivity contribution >= 4 is 5.97 Å². The quantitative estimate of drug-likeness (QED) is 0.665. The van der Waals surface area contributed by atoms with Gasteiger partial charge in [0.05, 0.1) is 0 Å². The molecule has 4 nitrogen and oxygen atoms in total. The molecule has 0 radical (unpaired) electrons. The second kappa shape index (κ2) is 5.63. The van der Waals surface area contributed by atoms with Crippen molar-refractivity contribution < 1.29 is 31.5 Å². The SMILES string of the molecule is N[C@@H](Cc1ccc(O)cc1)C(=O)O.[Ni]. The molecule has 5 heteroatoms. The van der Waals surface area contributed by atoms with Gasteiger partial charge in [-0.2, -0.15) is 0 Å². The summed E-state index contributed by atoms with van der Waals surface area (Å²) < 4.78 is 0. The number of carbonyl (C=O) groups is 1. The number of carboxylic acids is 1. The number of hydrogen-bond donors (Lipinski definition) is 3. The summed E-state index contributed by atoms with van der Waals surface area (Å²) in [5.41, 5.74) is 6.12. The van der Waals surface area contributed by atoms with Crippen LogP contribution in [0.15, 0.2) is 24.3 Å². The molecule has 14 heavy (non-hydrogen) atoms. The zero-order chi connectivity index (χ0) is 9.84. The van der Waals surface area contributed by atoms with Crippen LogP contribution < -0.4 is 5.73 Å². The van der Waals surface area contributed by atoms with Gasteiger partial charge in [-0.1, -0.05) is 12.1 Å². The Morgan fingerprint density at radius 3 is 2.29 bits per heavy atom. The number of benzene rings is 1. The van der Waals surface area contributed by atoms with Gasteiger partial charge in [0.2, 0.25) is 0 Å². The molecule has 0 fully saturated rings. The Morgan fingerprint density at radius 1 is 1.36 bits per heavy atom. The molecule has 0 amide bonds. The number of rotatable bonds is 3. The average Bonchev–Trinajstić information content (AvgIpc) is 2.08. The zero-order valence-corrected chi connectivity index (χ0v) is 8.28. The van der Waals surface area contributed by atoms with Crippen LogP contribution in [-0.2, 0) is 27.7 Å². The number of phenolic OH excluding ortho intramolecular Hbond substituents is 1. The number of aromatic hydroxyl groups is 1. The van der Waals surface area contributed by atoms with Crippen molar-refractivity contribution in [3.05, 3.63) is 29.8 Å². The molecule has 0 unspecified atom stereocenters. The van der Waals surface area contributed by atoms with E-state index in [4.69, 9.17) is 15.9 Å². The first-order valence-electron chi connectivity index (χ1n) is 3.86. The van der Waals surface area contributed by atoms with Crippen molar-refractivity contribution in [2.24, 2.45) is 5.73 Å². The first-order chi connectivity index (χ1) is 6.09. The van der Waals surface area contributed by atoms with Gasteiger partial charge >= 0.3 is 5.97 Å². The molecule has 0 saturated heterocycles. The van der Waals surface area contributed by atoms with Gasteiger partial charge in [0.15, 0.2) is 0 Å². The second-order valence-corrected chi connectivity index (χ2v) is 2.82. The minimum Gasteiger partial charge on any atom is -0.508 e. The summed E-state index contributed by atoms with van der Waals surface area (Å²) in [6.07, 6.45) is 0.273. The Balaban J connectivity index is 0.00000169. The molecule has 0 heterocycles. The summed E-state index contributed by atoms with van der Waals surface area (Å²) >= 11 is 0. The van der Waals surface area contributed by atoms with E-state index in [-0.39, 0.29) is 28.7 Å². The summed E-state index contributed by atoms with van der Waals surface area (Å²) in [6, 6.07) is 5.42. The van der Waals surface area contributed by atoms with E-state index in [1.165, 1.54) is 12.1 Å². The molecule has 1 aromatic carbocycles. The predicted octanol–water partition coefficient (Wildman–Crippen LogP) is 0.344. The third-order valence-corrected chi connectivity index (χ3v) is 1.71. The third-order valence-electron chi connectivity index (χ3n) is 1.71. The normalized spacial score (nSPS) is 11.5. The molecule has 0 spiro atoms. The Labute approximate surface area is 91.7 Å². The summed E-state index contributed by atoms with van der Waals surface area (Å²) in [4.78, 5) is 10.4. The predicted molar refractivity (Wildman–Crippen MR) is 47.4 cm³/mol. The fourth-order valence-corrected chi connectivity index (χ4v) is 0.973. The van der Waals surface area contributed by atoms with E-state index in [9.17, 15) is 4.79 Å². The van der Waals surface area contributed by atoms with Gasteiger partial charge in [-0.05, 0) is 24.1 Å². The molecule has 1 rings (SSSR count). The van der Waals surface area contributed by atoms with Crippen LogP contribution >= 0.6 is 0 Å². The molecule has 0 aliphatic carbocycles. The van der Waals surface area contributed by atoms with Gasteiger partial charge in [-0.3, -0.25) is 4.79 Å². The molecule has 4 N–H and O–H groups in total. The fraction of sp³-hybridized carbons (Fsp3) is 0.222. The summed E-state index contributed by atoms with van der Waals surface area (Å²) in [5, 5.41) is 17.5. The van der Waals surface area contributed by atoms with E-state index in [1.54, 1.807) is 12.1 Å². The number of aliphatic carboxylic acids is 1. The van der Waals surface area contributed by atoms with Crippen LogP contribution in [-0.4, -0.2) is 22.2 Å². The Bertz CT molecular complexity index is 299. The van der Waals surface area contributed by atoms with Crippen molar-refractivity contribution in [1.29, 1.82) is 0 Å². The van der Waals surface area contributed by atoms with Crippen molar-refractivity contribution in [2.45, 2.75) is 12.5 Å². The Morgan fingerprint density at radius 2 is 1.86 bits per heavy atom. The van der Waals surface area contributed by atoms with Crippen LogP contribution in [0.5, 0.6) is 5.75 Å². The summed E-state index contributed by atoms with van der Waals surface area (Å²) in [5.74, 6) is -0.860. The fourth-order valence-electron chi connectivity index (χ4n) is 0.973. The molecule has 0 saturated carbocycles. The van der Waals surface area contributed by atoms with Crippen molar-refractivity contribution in [2.75, 3.05) is 0 Å². The minimum atomic E-state index is -1.02. The van der Waals surface area contributed by atoms with Crippen LogP contribution in [0.1, 0.15) is 5.56 Å². The van der Waals surface area contributed by atoms with Gasteiger partial charge in [0, 0.05) is 16.5 Å². The molecular formula is C9H11NNiO3. The van der Waals surface area contributed by atoms with Gasteiger partial charge in [-0.25, -0.2) is 0 Å². The number of phenols is 1. The number of nitrogens with two attached hydrogens (primary N) is 1. The smallest absolute Gasteiger partial charge is 0.320 e. The number of hydrogen-bond acceptors (Lipinski definition) is 3. The van der Waals surface area contributed by atoms with E-state index >= 15 is 0 Å². The molecule has 1 atom stereocenters. The topological polar surface area (TPSA) is 83.5 Å². The Hall–Kier alpha value is -1.06. The van der Waals surface area contributed by atoms with Crippen LogP contribution in [0.25, 0.3) is 0 Å². The molecule has 0 aromatic heterocycles. The van der Waals surface area contributed by atoms with Crippen LogP contribution in [0.2, 0.25) is 0 Å². The molecule has 0 bridgehead atoms.